The average molecular weight is 239 g/mol. The molecule has 1 heterocycles. The van der Waals surface area contributed by atoms with Crippen LogP contribution in [0, 0.1) is 11.8 Å². The number of likely N-dealkylation sites (tertiary alicyclic amines) is 1. The first-order valence-corrected chi connectivity index (χ1v) is 6.92. The van der Waals surface area contributed by atoms with E-state index in [4.69, 9.17) is 4.74 Å². The van der Waals surface area contributed by atoms with Crippen molar-refractivity contribution < 1.29 is 9.53 Å². The SMILES string of the molecule is CC(C)(C)OC(=O)N1CC[C@H](CC2CCC2)C1. The molecule has 3 nitrogen and oxygen atoms in total. The van der Waals surface area contributed by atoms with Crippen LogP contribution in [0.3, 0.4) is 0 Å². The lowest BCUT2D eigenvalue weighted by Crippen LogP contribution is -2.35. The summed E-state index contributed by atoms with van der Waals surface area (Å²) < 4.78 is 5.40. The summed E-state index contributed by atoms with van der Waals surface area (Å²) in [5.74, 6) is 1.66. The van der Waals surface area contributed by atoms with E-state index in [2.05, 4.69) is 0 Å². The number of amides is 1. The Balaban J connectivity index is 1.74. The summed E-state index contributed by atoms with van der Waals surface area (Å²) in [5, 5.41) is 0. The van der Waals surface area contributed by atoms with Crippen molar-refractivity contribution in [2.75, 3.05) is 13.1 Å². The van der Waals surface area contributed by atoms with Crippen molar-refractivity contribution in [1.82, 2.24) is 4.90 Å². The molecule has 0 spiro atoms. The normalized spacial score (nSPS) is 25.8. The number of ether oxygens (including phenoxy) is 1. The molecular formula is C14H25NO2. The molecule has 1 saturated carbocycles. The van der Waals surface area contributed by atoms with Gasteiger partial charge in [-0.3, -0.25) is 0 Å². The van der Waals surface area contributed by atoms with Crippen molar-refractivity contribution >= 4 is 6.09 Å². The molecule has 1 saturated heterocycles. The van der Waals surface area contributed by atoms with Crippen molar-refractivity contribution in [2.45, 2.75) is 58.5 Å². The summed E-state index contributed by atoms with van der Waals surface area (Å²) in [6.45, 7) is 7.56. The summed E-state index contributed by atoms with van der Waals surface area (Å²) in [6.07, 6.45) is 6.57. The number of carbonyl (C=O) groups excluding carboxylic acids is 1. The Morgan fingerprint density at radius 2 is 1.94 bits per heavy atom. The molecule has 3 heteroatoms. The molecule has 0 bridgehead atoms. The Morgan fingerprint density at radius 1 is 1.24 bits per heavy atom. The van der Waals surface area contributed by atoms with Crippen LogP contribution < -0.4 is 0 Å². The van der Waals surface area contributed by atoms with Crippen molar-refractivity contribution in [1.29, 1.82) is 0 Å². The first-order valence-electron chi connectivity index (χ1n) is 6.92. The maximum atomic E-state index is 11.9. The van der Waals surface area contributed by atoms with E-state index in [1.165, 1.54) is 25.7 Å². The second-order valence-corrected chi connectivity index (χ2v) is 6.61. The minimum Gasteiger partial charge on any atom is -0.444 e. The third-order valence-corrected chi connectivity index (χ3v) is 3.83. The van der Waals surface area contributed by atoms with Gasteiger partial charge in [-0.15, -0.1) is 0 Å². The Labute approximate surface area is 105 Å². The number of hydrogen-bond donors (Lipinski definition) is 0. The first-order chi connectivity index (χ1) is 7.94. The molecule has 2 fully saturated rings. The van der Waals surface area contributed by atoms with E-state index in [1.807, 2.05) is 25.7 Å². The van der Waals surface area contributed by atoms with Gasteiger partial charge in [0, 0.05) is 13.1 Å². The zero-order valence-corrected chi connectivity index (χ0v) is 11.4. The molecule has 0 aromatic heterocycles. The molecule has 0 radical (unpaired) electrons. The Kier molecular flexibility index (Phi) is 3.64. The third kappa shape index (κ3) is 3.62. The van der Waals surface area contributed by atoms with Crippen LogP contribution in [0.15, 0.2) is 0 Å². The zero-order chi connectivity index (χ0) is 12.5. The largest absolute Gasteiger partial charge is 0.444 e. The van der Waals surface area contributed by atoms with Gasteiger partial charge in [0.2, 0.25) is 0 Å². The Morgan fingerprint density at radius 3 is 2.47 bits per heavy atom. The summed E-state index contributed by atoms with van der Waals surface area (Å²) in [4.78, 5) is 13.8. The lowest BCUT2D eigenvalue weighted by atomic mass is 9.79. The van der Waals surface area contributed by atoms with E-state index in [0.29, 0.717) is 5.92 Å². The molecule has 0 unspecified atom stereocenters. The van der Waals surface area contributed by atoms with E-state index in [1.54, 1.807) is 0 Å². The minimum atomic E-state index is -0.372. The second-order valence-electron chi connectivity index (χ2n) is 6.61. The molecule has 2 aliphatic rings. The smallest absolute Gasteiger partial charge is 0.410 e. The fraction of sp³-hybridized carbons (Fsp3) is 0.929. The molecule has 17 heavy (non-hydrogen) atoms. The standard InChI is InChI=1S/C14H25NO2/c1-14(2,3)17-13(16)15-8-7-12(10-15)9-11-5-4-6-11/h11-12H,4-10H2,1-3H3/t12-/m1/s1. The highest BCUT2D eigenvalue weighted by molar-refractivity contribution is 5.68. The molecule has 1 aliphatic heterocycles. The van der Waals surface area contributed by atoms with Crippen LogP contribution in [0.1, 0.15) is 52.9 Å². The quantitative estimate of drug-likeness (QED) is 0.739. The van der Waals surface area contributed by atoms with Crippen LogP contribution in [0.2, 0.25) is 0 Å². The van der Waals surface area contributed by atoms with Gasteiger partial charge < -0.3 is 9.64 Å². The zero-order valence-electron chi connectivity index (χ0n) is 11.4. The van der Waals surface area contributed by atoms with E-state index >= 15 is 0 Å². The topological polar surface area (TPSA) is 29.5 Å². The van der Waals surface area contributed by atoms with Gasteiger partial charge in [0.15, 0.2) is 0 Å². The molecule has 1 aliphatic carbocycles. The molecule has 0 aromatic rings. The summed E-state index contributed by atoms with van der Waals surface area (Å²) in [7, 11) is 0. The number of rotatable bonds is 2. The van der Waals surface area contributed by atoms with E-state index in [9.17, 15) is 4.79 Å². The molecule has 0 N–H and O–H groups in total. The van der Waals surface area contributed by atoms with Gasteiger partial charge in [0.05, 0.1) is 0 Å². The fourth-order valence-electron chi connectivity index (χ4n) is 2.72. The molecule has 1 amide bonds. The monoisotopic (exact) mass is 239 g/mol. The Bertz CT molecular complexity index is 278. The fourth-order valence-corrected chi connectivity index (χ4v) is 2.72. The van der Waals surface area contributed by atoms with Crippen molar-refractivity contribution in [2.24, 2.45) is 11.8 Å². The molecule has 98 valence electrons. The van der Waals surface area contributed by atoms with Gasteiger partial charge in [-0.05, 0) is 45.4 Å². The summed E-state index contributed by atoms with van der Waals surface area (Å²) in [6, 6.07) is 0. The number of nitrogens with zero attached hydrogens (tertiary/aromatic N) is 1. The van der Waals surface area contributed by atoms with Crippen molar-refractivity contribution in [3.05, 3.63) is 0 Å². The maximum Gasteiger partial charge on any atom is 0.410 e. The predicted molar refractivity (Wildman–Crippen MR) is 67.9 cm³/mol. The highest BCUT2D eigenvalue weighted by Gasteiger charge is 2.32. The number of carbonyl (C=O) groups is 1. The van der Waals surface area contributed by atoms with Crippen LogP contribution in [0.25, 0.3) is 0 Å². The van der Waals surface area contributed by atoms with Gasteiger partial charge in [0.1, 0.15) is 5.60 Å². The highest BCUT2D eigenvalue weighted by Crippen LogP contribution is 2.35. The van der Waals surface area contributed by atoms with Crippen molar-refractivity contribution in [3.8, 4) is 0 Å². The summed E-state index contributed by atoms with van der Waals surface area (Å²) in [5.41, 5.74) is -0.372. The predicted octanol–water partition coefficient (Wildman–Crippen LogP) is 3.43. The van der Waals surface area contributed by atoms with Gasteiger partial charge >= 0.3 is 6.09 Å². The second kappa shape index (κ2) is 4.87. The van der Waals surface area contributed by atoms with Crippen LogP contribution in [0.4, 0.5) is 4.79 Å². The maximum absolute atomic E-state index is 11.9. The lowest BCUT2D eigenvalue weighted by Gasteiger charge is -2.28. The van der Waals surface area contributed by atoms with Crippen molar-refractivity contribution in [3.63, 3.8) is 0 Å². The minimum absolute atomic E-state index is 0.131. The summed E-state index contributed by atoms with van der Waals surface area (Å²) >= 11 is 0. The molecule has 0 aromatic carbocycles. The number of hydrogen-bond acceptors (Lipinski definition) is 2. The van der Waals surface area contributed by atoms with Gasteiger partial charge in [-0.25, -0.2) is 4.79 Å². The van der Waals surface area contributed by atoms with Crippen LogP contribution in [0.5, 0.6) is 0 Å². The van der Waals surface area contributed by atoms with E-state index in [0.717, 1.165) is 25.4 Å². The van der Waals surface area contributed by atoms with Gasteiger partial charge in [-0.1, -0.05) is 19.3 Å². The average Bonchev–Trinajstić information content (AvgIpc) is 2.56. The lowest BCUT2D eigenvalue weighted by molar-refractivity contribution is 0.0285. The van der Waals surface area contributed by atoms with E-state index < -0.39 is 0 Å². The highest BCUT2D eigenvalue weighted by atomic mass is 16.6. The Hall–Kier alpha value is -0.730. The van der Waals surface area contributed by atoms with Crippen LogP contribution in [-0.2, 0) is 4.74 Å². The molecule has 1 atom stereocenters. The third-order valence-electron chi connectivity index (χ3n) is 3.83. The van der Waals surface area contributed by atoms with Crippen LogP contribution in [-0.4, -0.2) is 29.7 Å². The van der Waals surface area contributed by atoms with E-state index in [-0.39, 0.29) is 11.7 Å². The molecule has 2 rings (SSSR count). The van der Waals surface area contributed by atoms with Gasteiger partial charge in [0.25, 0.3) is 0 Å². The first kappa shape index (κ1) is 12.7. The molecular weight excluding hydrogens is 214 g/mol. The van der Waals surface area contributed by atoms with Gasteiger partial charge in [-0.2, -0.15) is 0 Å². The van der Waals surface area contributed by atoms with Crippen LogP contribution >= 0.6 is 0 Å².